The van der Waals surface area contributed by atoms with E-state index in [4.69, 9.17) is 30.9 Å². The number of aromatic carboxylic acids is 1. The average Bonchev–Trinajstić information content (AvgIpc) is 3.21. The molecular weight excluding hydrogens is 320 g/mol. The number of carboxylic acids is 1. The van der Waals surface area contributed by atoms with E-state index in [2.05, 4.69) is 0 Å². The van der Waals surface area contributed by atoms with Crippen LogP contribution in [0.15, 0.2) is 12.1 Å². The third-order valence-corrected chi connectivity index (χ3v) is 4.53. The first-order valence-electron chi connectivity index (χ1n) is 5.94. The van der Waals surface area contributed by atoms with Crippen LogP contribution >= 0.6 is 22.9 Å². The Labute approximate surface area is 127 Å². The lowest BCUT2D eigenvalue weighted by Crippen LogP contribution is -2.05. The third kappa shape index (κ3) is 2.67. The molecule has 1 N–H and O–H groups in total. The van der Waals surface area contributed by atoms with Gasteiger partial charge in [0, 0.05) is 4.70 Å². The molecule has 1 atom stereocenters. The van der Waals surface area contributed by atoms with Crippen LogP contribution in [0, 0.1) is 0 Å². The van der Waals surface area contributed by atoms with E-state index in [1.54, 1.807) is 12.1 Å². The largest absolute Gasteiger partial charge is 0.487 e. The fourth-order valence-corrected chi connectivity index (χ4v) is 3.24. The number of hydrogen-bond donors (Lipinski definition) is 1. The molecule has 21 heavy (non-hydrogen) atoms. The fourth-order valence-electron chi connectivity index (χ4n) is 1.87. The number of rotatable bonds is 6. The van der Waals surface area contributed by atoms with E-state index < -0.39 is 5.97 Å². The molecule has 0 saturated carbocycles. The quantitative estimate of drug-likeness (QED) is 0.648. The maximum absolute atomic E-state index is 11.1. The molecule has 0 amide bonds. The van der Waals surface area contributed by atoms with Gasteiger partial charge in [-0.25, -0.2) is 4.79 Å². The van der Waals surface area contributed by atoms with Crippen molar-refractivity contribution in [2.75, 3.05) is 13.2 Å². The standard InChI is InChI=1S/C13H9ClO6S/c14-10-9-8(21-12(10)13(16)17)2-1-7(11(9)20-5-15)19-4-6-3-18-6/h1-2,5-6H,3-4H2,(H,16,17). The molecule has 1 unspecified atom stereocenters. The maximum Gasteiger partial charge on any atom is 0.347 e. The van der Waals surface area contributed by atoms with E-state index in [1.807, 2.05) is 0 Å². The summed E-state index contributed by atoms with van der Waals surface area (Å²) in [6.07, 6.45) is 0.0392. The Hall–Kier alpha value is -1.83. The number of epoxide rings is 1. The third-order valence-electron chi connectivity index (χ3n) is 2.90. The van der Waals surface area contributed by atoms with Crippen LogP contribution < -0.4 is 9.47 Å². The van der Waals surface area contributed by atoms with Crippen LogP contribution in [0.5, 0.6) is 11.5 Å². The Morgan fingerprint density at radius 1 is 1.57 bits per heavy atom. The van der Waals surface area contributed by atoms with Crippen LogP contribution in [-0.2, 0) is 9.53 Å². The topological polar surface area (TPSA) is 85.4 Å². The number of fused-ring (bicyclic) bond motifs is 1. The zero-order valence-electron chi connectivity index (χ0n) is 10.5. The van der Waals surface area contributed by atoms with Crippen LogP contribution in [0.25, 0.3) is 10.1 Å². The monoisotopic (exact) mass is 328 g/mol. The maximum atomic E-state index is 11.1. The molecule has 2 heterocycles. The van der Waals surface area contributed by atoms with Gasteiger partial charge in [0.2, 0.25) is 0 Å². The molecule has 1 aliphatic rings. The fraction of sp³-hybridized carbons (Fsp3) is 0.231. The first kappa shape index (κ1) is 14.1. The molecule has 1 fully saturated rings. The number of carbonyl (C=O) groups is 2. The predicted octanol–water partition coefficient (Wildman–Crippen LogP) is 2.57. The highest BCUT2D eigenvalue weighted by Crippen LogP contribution is 2.45. The Morgan fingerprint density at radius 2 is 2.33 bits per heavy atom. The van der Waals surface area contributed by atoms with Crippen molar-refractivity contribution < 1.29 is 28.9 Å². The van der Waals surface area contributed by atoms with E-state index in [1.165, 1.54) is 0 Å². The summed E-state index contributed by atoms with van der Waals surface area (Å²) in [7, 11) is 0. The Morgan fingerprint density at radius 3 is 2.95 bits per heavy atom. The number of thiophene rings is 1. The molecule has 0 bridgehead atoms. The molecule has 2 aromatic rings. The van der Waals surface area contributed by atoms with Crippen LogP contribution in [0.1, 0.15) is 9.67 Å². The SMILES string of the molecule is O=COc1c(OCC2CO2)ccc2sc(C(=O)O)c(Cl)c12. The average molecular weight is 329 g/mol. The van der Waals surface area contributed by atoms with E-state index in [9.17, 15) is 9.59 Å². The predicted molar refractivity (Wildman–Crippen MR) is 75.7 cm³/mol. The van der Waals surface area contributed by atoms with Gasteiger partial charge >= 0.3 is 5.97 Å². The van der Waals surface area contributed by atoms with Crippen molar-refractivity contribution in [2.24, 2.45) is 0 Å². The van der Waals surface area contributed by atoms with Gasteiger partial charge in [-0.15, -0.1) is 11.3 Å². The summed E-state index contributed by atoms with van der Waals surface area (Å²) < 4.78 is 16.1. The summed E-state index contributed by atoms with van der Waals surface area (Å²) in [5, 5.41) is 9.51. The number of benzene rings is 1. The molecule has 0 radical (unpaired) electrons. The second kappa shape index (κ2) is 5.51. The van der Waals surface area contributed by atoms with Crippen LogP contribution in [0.2, 0.25) is 5.02 Å². The van der Waals surface area contributed by atoms with E-state index in [0.29, 0.717) is 29.0 Å². The van der Waals surface area contributed by atoms with Gasteiger partial charge in [-0.2, -0.15) is 0 Å². The number of ether oxygens (including phenoxy) is 3. The van der Waals surface area contributed by atoms with Crippen molar-refractivity contribution in [1.82, 2.24) is 0 Å². The van der Waals surface area contributed by atoms with Crippen molar-refractivity contribution in [2.45, 2.75) is 6.10 Å². The van der Waals surface area contributed by atoms with Gasteiger partial charge in [0.25, 0.3) is 6.47 Å². The highest BCUT2D eigenvalue weighted by atomic mass is 35.5. The van der Waals surface area contributed by atoms with Crippen LogP contribution in [0.3, 0.4) is 0 Å². The molecule has 1 aromatic carbocycles. The van der Waals surface area contributed by atoms with Gasteiger partial charge in [-0.1, -0.05) is 11.6 Å². The number of carbonyl (C=O) groups excluding carboxylic acids is 1. The van der Waals surface area contributed by atoms with Crippen LogP contribution in [0.4, 0.5) is 0 Å². The molecular formula is C13H9ClO6S. The zero-order valence-corrected chi connectivity index (χ0v) is 12.1. The van der Waals surface area contributed by atoms with Crippen molar-refractivity contribution >= 4 is 45.5 Å². The first-order valence-corrected chi connectivity index (χ1v) is 7.14. The van der Waals surface area contributed by atoms with Gasteiger partial charge in [0.05, 0.1) is 17.0 Å². The lowest BCUT2D eigenvalue weighted by atomic mass is 10.2. The Balaban J connectivity index is 2.10. The Kier molecular flexibility index (Phi) is 3.71. The lowest BCUT2D eigenvalue weighted by Gasteiger charge is -2.10. The molecule has 6 nitrogen and oxygen atoms in total. The summed E-state index contributed by atoms with van der Waals surface area (Å²) in [6.45, 7) is 1.21. The molecule has 0 aliphatic carbocycles. The van der Waals surface area contributed by atoms with Gasteiger partial charge < -0.3 is 19.3 Å². The first-order chi connectivity index (χ1) is 10.1. The molecule has 110 valence electrons. The molecule has 0 spiro atoms. The molecule has 1 aliphatic heterocycles. The minimum absolute atomic E-state index is 0.00917. The lowest BCUT2D eigenvalue weighted by molar-refractivity contribution is -0.120. The minimum Gasteiger partial charge on any atom is -0.487 e. The van der Waals surface area contributed by atoms with Crippen LogP contribution in [-0.4, -0.2) is 36.9 Å². The van der Waals surface area contributed by atoms with Crippen molar-refractivity contribution in [3.63, 3.8) is 0 Å². The molecule has 3 rings (SSSR count). The van der Waals surface area contributed by atoms with Crippen molar-refractivity contribution in [1.29, 1.82) is 0 Å². The normalized spacial score (nSPS) is 16.7. The number of carboxylic acid groups (broad SMARTS) is 1. The summed E-state index contributed by atoms with van der Waals surface area (Å²) >= 11 is 7.10. The summed E-state index contributed by atoms with van der Waals surface area (Å²) in [5.74, 6) is -0.689. The second-order valence-corrected chi connectivity index (χ2v) is 5.73. The zero-order chi connectivity index (χ0) is 15.0. The van der Waals surface area contributed by atoms with Gasteiger partial charge in [-0.05, 0) is 12.1 Å². The van der Waals surface area contributed by atoms with Gasteiger partial charge in [0.15, 0.2) is 11.5 Å². The number of halogens is 1. The number of hydrogen-bond acceptors (Lipinski definition) is 6. The summed E-state index contributed by atoms with van der Waals surface area (Å²) in [4.78, 5) is 21.8. The highest BCUT2D eigenvalue weighted by Gasteiger charge is 2.26. The summed E-state index contributed by atoms with van der Waals surface area (Å²) in [6, 6.07) is 3.29. The van der Waals surface area contributed by atoms with E-state index >= 15 is 0 Å². The smallest absolute Gasteiger partial charge is 0.347 e. The highest BCUT2D eigenvalue weighted by molar-refractivity contribution is 7.21. The molecule has 8 heteroatoms. The van der Waals surface area contributed by atoms with Gasteiger partial charge in [0.1, 0.15) is 17.6 Å². The minimum atomic E-state index is -1.13. The van der Waals surface area contributed by atoms with Crippen molar-refractivity contribution in [3.05, 3.63) is 22.0 Å². The Bertz CT molecular complexity index is 721. The van der Waals surface area contributed by atoms with Gasteiger partial charge in [-0.3, -0.25) is 4.79 Å². The molecule has 1 saturated heterocycles. The second-order valence-electron chi connectivity index (χ2n) is 4.30. The van der Waals surface area contributed by atoms with E-state index in [0.717, 1.165) is 11.3 Å². The summed E-state index contributed by atoms with van der Waals surface area (Å²) in [5.41, 5.74) is 0. The molecule has 1 aromatic heterocycles. The van der Waals surface area contributed by atoms with Crippen molar-refractivity contribution in [3.8, 4) is 11.5 Å². The van der Waals surface area contributed by atoms with E-state index in [-0.39, 0.29) is 28.2 Å².